The largest absolute Gasteiger partial charge is 0.338 e. The minimum absolute atomic E-state index is 0. The second-order valence-corrected chi connectivity index (χ2v) is 6.42. The Labute approximate surface area is 134 Å². The molecule has 2 rings (SSSR count). The number of amides is 1. The van der Waals surface area contributed by atoms with E-state index < -0.39 is 0 Å². The van der Waals surface area contributed by atoms with Crippen molar-refractivity contribution in [1.29, 1.82) is 0 Å². The van der Waals surface area contributed by atoms with E-state index in [2.05, 4.69) is 45.0 Å². The first-order valence-corrected chi connectivity index (χ1v) is 7.60. The van der Waals surface area contributed by atoms with Crippen LogP contribution in [0, 0.1) is 5.92 Å². The van der Waals surface area contributed by atoms with Gasteiger partial charge in [0.15, 0.2) is 0 Å². The maximum atomic E-state index is 12.5. The molecule has 3 atom stereocenters. The lowest BCUT2D eigenvalue weighted by atomic mass is 9.97. The van der Waals surface area contributed by atoms with Gasteiger partial charge in [-0.3, -0.25) is 4.79 Å². The lowest BCUT2D eigenvalue weighted by Gasteiger charge is -2.25. The van der Waals surface area contributed by atoms with Crippen LogP contribution < -0.4 is 5.73 Å². The van der Waals surface area contributed by atoms with Crippen molar-refractivity contribution in [2.24, 2.45) is 11.7 Å². The van der Waals surface area contributed by atoms with Crippen LogP contribution in [0.5, 0.6) is 0 Å². The highest BCUT2D eigenvalue weighted by Gasteiger charge is 2.35. The van der Waals surface area contributed by atoms with Crippen molar-refractivity contribution < 1.29 is 4.79 Å². The summed E-state index contributed by atoms with van der Waals surface area (Å²) in [6.07, 6.45) is 1.79. The molecule has 3 nitrogen and oxygen atoms in total. The van der Waals surface area contributed by atoms with Gasteiger partial charge in [-0.15, -0.1) is 12.4 Å². The van der Waals surface area contributed by atoms with Crippen molar-refractivity contribution in [3.63, 3.8) is 0 Å². The quantitative estimate of drug-likeness (QED) is 0.928. The Kier molecular flexibility index (Phi) is 6.69. The standard InChI is InChI=1S/C17H26N2O.ClH/c1-12(2)9-16(18)17(20)19-11-15(10-13(19)3)14-7-5-4-6-8-14;/h4-8,12-13,15-16H,9-11,18H2,1-3H3;1H/t13?,15?,16-;/m0./s1. The van der Waals surface area contributed by atoms with Crippen LogP contribution in [0.25, 0.3) is 0 Å². The molecule has 2 N–H and O–H groups in total. The average Bonchev–Trinajstić information content (AvgIpc) is 2.80. The van der Waals surface area contributed by atoms with Crippen molar-refractivity contribution in [3.05, 3.63) is 35.9 Å². The zero-order chi connectivity index (χ0) is 14.7. The van der Waals surface area contributed by atoms with E-state index in [4.69, 9.17) is 5.73 Å². The molecule has 1 fully saturated rings. The Morgan fingerprint density at radius 2 is 1.95 bits per heavy atom. The third kappa shape index (κ3) is 4.45. The second kappa shape index (κ2) is 7.81. The van der Waals surface area contributed by atoms with Crippen molar-refractivity contribution in [2.75, 3.05) is 6.54 Å². The Morgan fingerprint density at radius 1 is 1.33 bits per heavy atom. The van der Waals surface area contributed by atoms with E-state index in [0.717, 1.165) is 19.4 Å². The number of halogens is 1. The second-order valence-electron chi connectivity index (χ2n) is 6.42. The van der Waals surface area contributed by atoms with E-state index in [0.29, 0.717) is 11.8 Å². The highest BCUT2D eigenvalue weighted by molar-refractivity contribution is 5.85. The topological polar surface area (TPSA) is 46.3 Å². The van der Waals surface area contributed by atoms with Crippen molar-refractivity contribution in [2.45, 2.75) is 51.6 Å². The van der Waals surface area contributed by atoms with Gasteiger partial charge in [-0.1, -0.05) is 44.2 Å². The van der Waals surface area contributed by atoms with Crippen LogP contribution in [0.2, 0.25) is 0 Å². The number of carbonyl (C=O) groups excluding carboxylic acids is 1. The Balaban J connectivity index is 0.00000220. The Bertz CT molecular complexity index is 449. The normalized spacial score (nSPS) is 23.0. The SMILES string of the molecule is CC(C)C[C@H](N)C(=O)N1CC(c2ccccc2)CC1C.Cl. The van der Waals surface area contributed by atoms with E-state index in [1.165, 1.54) is 5.56 Å². The van der Waals surface area contributed by atoms with E-state index in [9.17, 15) is 4.79 Å². The lowest BCUT2D eigenvalue weighted by Crippen LogP contribution is -2.45. The summed E-state index contributed by atoms with van der Waals surface area (Å²) in [6.45, 7) is 7.14. The van der Waals surface area contributed by atoms with Gasteiger partial charge in [0.05, 0.1) is 6.04 Å². The number of hydrogen-bond acceptors (Lipinski definition) is 2. The molecule has 4 heteroatoms. The van der Waals surface area contributed by atoms with Crippen molar-refractivity contribution in [1.82, 2.24) is 4.90 Å². The van der Waals surface area contributed by atoms with E-state index in [-0.39, 0.29) is 30.4 Å². The van der Waals surface area contributed by atoms with Gasteiger partial charge >= 0.3 is 0 Å². The van der Waals surface area contributed by atoms with Crippen LogP contribution in [0.15, 0.2) is 30.3 Å². The maximum Gasteiger partial charge on any atom is 0.239 e. The monoisotopic (exact) mass is 310 g/mol. The van der Waals surface area contributed by atoms with E-state index in [1.807, 2.05) is 11.0 Å². The van der Waals surface area contributed by atoms with Gasteiger partial charge in [0, 0.05) is 18.5 Å². The number of rotatable bonds is 4. The van der Waals surface area contributed by atoms with Crippen LogP contribution in [-0.4, -0.2) is 29.4 Å². The molecule has 0 aliphatic carbocycles. The maximum absolute atomic E-state index is 12.5. The molecule has 1 amide bonds. The van der Waals surface area contributed by atoms with Gasteiger partial charge in [-0.05, 0) is 31.2 Å². The third-order valence-electron chi connectivity index (χ3n) is 4.17. The Hall–Kier alpha value is -1.06. The molecule has 1 saturated heterocycles. The number of carbonyl (C=O) groups is 1. The average molecular weight is 311 g/mol. The molecule has 1 aromatic carbocycles. The minimum Gasteiger partial charge on any atom is -0.338 e. The summed E-state index contributed by atoms with van der Waals surface area (Å²) in [5.74, 6) is 1.02. The molecular weight excluding hydrogens is 284 g/mol. The molecule has 1 aliphatic heterocycles. The van der Waals surface area contributed by atoms with Crippen LogP contribution in [-0.2, 0) is 4.79 Å². The first-order valence-electron chi connectivity index (χ1n) is 7.60. The van der Waals surface area contributed by atoms with Gasteiger partial charge in [-0.25, -0.2) is 0 Å². The number of likely N-dealkylation sites (tertiary alicyclic amines) is 1. The molecule has 0 saturated carbocycles. The van der Waals surface area contributed by atoms with Crippen LogP contribution in [0.1, 0.15) is 45.1 Å². The predicted octanol–water partition coefficient (Wildman–Crippen LogP) is 3.19. The van der Waals surface area contributed by atoms with E-state index >= 15 is 0 Å². The van der Waals surface area contributed by atoms with Gasteiger partial charge in [0.2, 0.25) is 5.91 Å². The molecule has 0 spiro atoms. The van der Waals surface area contributed by atoms with Crippen molar-refractivity contribution in [3.8, 4) is 0 Å². The molecular formula is C17H27ClN2O. The van der Waals surface area contributed by atoms with Crippen molar-refractivity contribution >= 4 is 18.3 Å². The third-order valence-corrected chi connectivity index (χ3v) is 4.17. The number of nitrogens with zero attached hydrogens (tertiary/aromatic N) is 1. The molecule has 0 aromatic heterocycles. The summed E-state index contributed by atoms with van der Waals surface area (Å²) < 4.78 is 0. The summed E-state index contributed by atoms with van der Waals surface area (Å²) in [6, 6.07) is 10.4. The fourth-order valence-electron chi connectivity index (χ4n) is 3.13. The van der Waals surface area contributed by atoms with Crippen LogP contribution in [0.3, 0.4) is 0 Å². The molecule has 1 heterocycles. The highest BCUT2D eigenvalue weighted by Crippen LogP contribution is 2.31. The summed E-state index contributed by atoms with van der Waals surface area (Å²) >= 11 is 0. The first-order chi connectivity index (χ1) is 9.49. The highest BCUT2D eigenvalue weighted by atomic mass is 35.5. The zero-order valence-electron chi connectivity index (χ0n) is 13.2. The fourth-order valence-corrected chi connectivity index (χ4v) is 3.13. The first kappa shape index (κ1) is 18.0. The van der Waals surface area contributed by atoms with Crippen LogP contribution >= 0.6 is 12.4 Å². The van der Waals surface area contributed by atoms with E-state index in [1.54, 1.807) is 0 Å². The van der Waals surface area contributed by atoms with Crippen LogP contribution in [0.4, 0.5) is 0 Å². The smallest absolute Gasteiger partial charge is 0.239 e. The van der Waals surface area contributed by atoms with Gasteiger partial charge < -0.3 is 10.6 Å². The molecule has 0 radical (unpaired) electrons. The number of benzene rings is 1. The lowest BCUT2D eigenvalue weighted by molar-refractivity contribution is -0.133. The molecule has 0 bridgehead atoms. The minimum atomic E-state index is -0.355. The molecule has 1 aliphatic rings. The summed E-state index contributed by atoms with van der Waals surface area (Å²) in [5.41, 5.74) is 7.38. The summed E-state index contributed by atoms with van der Waals surface area (Å²) in [5, 5.41) is 0. The number of hydrogen-bond donors (Lipinski definition) is 1. The summed E-state index contributed by atoms with van der Waals surface area (Å²) in [4.78, 5) is 14.4. The van der Waals surface area contributed by atoms with Gasteiger partial charge in [0.1, 0.15) is 0 Å². The van der Waals surface area contributed by atoms with Gasteiger partial charge in [-0.2, -0.15) is 0 Å². The Morgan fingerprint density at radius 3 is 2.52 bits per heavy atom. The number of nitrogens with two attached hydrogens (primary N) is 1. The zero-order valence-corrected chi connectivity index (χ0v) is 14.0. The molecule has 118 valence electrons. The fraction of sp³-hybridized carbons (Fsp3) is 0.588. The molecule has 2 unspecified atom stereocenters. The summed E-state index contributed by atoms with van der Waals surface area (Å²) in [7, 11) is 0. The van der Waals surface area contributed by atoms with Gasteiger partial charge in [0.25, 0.3) is 0 Å². The molecule has 21 heavy (non-hydrogen) atoms. The molecule has 1 aromatic rings. The predicted molar refractivity (Wildman–Crippen MR) is 89.7 cm³/mol.